The van der Waals surface area contributed by atoms with E-state index in [1.807, 2.05) is 0 Å². The Morgan fingerprint density at radius 3 is 2.70 bits per heavy atom. The van der Waals surface area contributed by atoms with Crippen LogP contribution in [0.2, 0.25) is 0 Å². The first kappa shape index (κ1) is 19.5. The number of thiophene rings is 1. The maximum Gasteiger partial charge on any atom is 0.237 e. The highest BCUT2D eigenvalue weighted by molar-refractivity contribution is 7.98. The van der Waals surface area contributed by atoms with Crippen molar-refractivity contribution in [1.29, 1.82) is 0 Å². The Bertz CT molecular complexity index is 1110. The highest BCUT2D eigenvalue weighted by Crippen LogP contribution is 2.39. The summed E-state index contributed by atoms with van der Waals surface area (Å²) in [6, 6.07) is 13.1. The molecule has 0 aliphatic heterocycles. The lowest BCUT2D eigenvalue weighted by Crippen LogP contribution is -2.03. The molecule has 6 nitrogen and oxygen atoms in total. The second-order valence-corrected chi connectivity index (χ2v) is 9.81. The number of nitrogens with zero attached hydrogens (tertiary/aromatic N) is 5. The minimum absolute atomic E-state index is 0.504. The highest BCUT2D eigenvalue weighted by Gasteiger charge is 2.30. The van der Waals surface area contributed by atoms with Crippen LogP contribution in [-0.2, 0) is 12.2 Å². The topological polar surface area (TPSA) is 69.6 Å². The van der Waals surface area contributed by atoms with Crippen LogP contribution in [0, 0.1) is 0 Å². The van der Waals surface area contributed by atoms with Gasteiger partial charge in [-0.25, -0.2) is 0 Å². The summed E-state index contributed by atoms with van der Waals surface area (Å²) >= 11 is 3.37. The van der Waals surface area contributed by atoms with Crippen molar-refractivity contribution in [3.05, 3.63) is 63.9 Å². The van der Waals surface area contributed by atoms with E-state index in [9.17, 15) is 0 Å². The first-order valence-electron chi connectivity index (χ1n) is 10.2. The molecule has 8 heteroatoms. The normalized spacial score (nSPS) is 14.0. The highest BCUT2D eigenvalue weighted by atomic mass is 32.2. The van der Waals surface area contributed by atoms with E-state index >= 15 is 0 Å². The van der Waals surface area contributed by atoms with E-state index in [2.05, 4.69) is 80.5 Å². The van der Waals surface area contributed by atoms with Gasteiger partial charge in [-0.1, -0.05) is 61.1 Å². The number of benzene rings is 1. The minimum Gasteiger partial charge on any atom is -0.338 e. The number of rotatable bonds is 8. The molecule has 154 valence electrons. The van der Waals surface area contributed by atoms with Gasteiger partial charge < -0.3 is 9.09 Å². The zero-order valence-electron chi connectivity index (χ0n) is 17.0. The van der Waals surface area contributed by atoms with Gasteiger partial charge >= 0.3 is 0 Å². The molecular formula is C22H23N5OS2. The largest absolute Gasteiger partial charge is 0.338 e. The third kappa shape index (κ3) is 4.20. The average molecular weight is 438 g/mol. The molecule has 0 amide bonds. The van der Waals surface area contributed by atoms with Crippen molar-refractivity contribution in [3.63, 3.8) is 0 Å². The number of hydrogen-bond acceptors (Lipinski definition) is 7. The molecule has 1 aliphatic carbocycles. The van der Waals surface area contributed by atoms with Gasteiger partial charge in [-0.15, -0.1) is 21.5 Å². The molecule has 1 fully saturated rings. The van der Waals surface area contributed by atoms with Crippen LogP contribution >= 0.6 is 23.1 Å². The second-order valence-electron chi connectivity index (χ2n) is 7.83. The summed E-state index contributed by atoms with van der Waals surface area (Å²) in [6.45, 7) is 4.37. The molecule has 0 bridgehead atoms. The van der Waals surface area contributed by atoms with Gasteiger partial charge in [0.25, 0.3) is 0 Å². The number of hydrogen-bond donors (Lipinski definition) is 0. The number of aromatic nitrogens is 5. The number of thioether (sulfide) groups is 1. The van der Waals surface area contributed by atoms with Crippen LogP contribution < -0.4 is 0 Å². The van der Waals surface area contributed by atoms with Gasteiger partial charge in [-0.05, 0) is 35.8 Å². The van der Waals surface area contributed by atoms with E-state index in [0.29, 0.717) is 29.4 Å². The van der Waals surface area contributed by atoms with E-state index in [4.69, 9.17) is 4.52 Å². The third-order valence-electron chi connectivity index (χ3n) is 5.19. The van der Waals surface area contributed by atoms with E-state index < -0.39 is 0 Å². The zero-order valence-corrected chi connectivity index (χ0v) is 18.6. The lowest BCUT2D eigenvalue weighted by atomic mass is 10.0. The van der Waals surface area contributed by atoms with Crippen molar-refractivity contribution in [1.82, 2.24) is 24.9 Å². The van der Waals surface area contributed by atoms with Crippen LogP contribution in [0.1, 0.15) is 60.8 Å². The molecule has 0 saturated heterocycles. The van der Waals surface area contributed by atoms with Gasteiger partial charge in [0.05, 0.1) is 5.75 Å². The summed E-state index contributed by atoms with van der Waals surface area (Å²) in [6.07, 6.45) is 3.22. The third-order valence-corrected chi connectivity index (χ3v) is 6.99. The fraction of sp³-hybridized carbons (Fsp3) is 0.364. The predicted molar refractivity (Wildman–Crippen MR) is 119 cm³/mol. The Morgan fingerprint density at radius 1 is 1.17 bits per heavy atom. The predicted octanol–water partition coefficient (Wildman–Crippen LogP) is 5.73. The zero-order chi connectivity index (χ0) is 20.5. The Labute approximate surface area is 183 Å². The lowest BCUT2D eigenvalue weighted by Gasteiger charge is -2.07. The molecule has 3 aromatic heterocycles. The molecule has 0 atom stereocenters. The SMILES string of the molecule is CC(C)c1ccc(-c2noc(CSc3nnc(Cc4cccs4)n3C3CC3)n2)cc1. The van der Waals surface area contributed by atoms with E-state index in [-0.39, 0.29) is 0 Å². The first-order chi connectivity index (χ1) is 14.7. The van der Waals surface area contributed by atoms with Gasteiger partial charge in [-0.3, -0.25) is 0 Å². The standard InChI is InChI=1S/C22H23N5OS2/c1-14(2)15-5-7-16(8-6-15)21-23-20(28-26-21)13-30-22-25-24-19(27(22)17-9-10-17)12-18-4-3-11-29-18/h3-8,11,14,17H,9-10,12-13H2,1-2H3. The molecule has 30 heavy (non-hydrogen) atoms. The van der Waals surface area contributed by atoms with Crippen LogP contribution in [0.3, 0.4) is 0 Å². The van der Waals surface area contributed by atoms with Crippen molar-refractivity contribution < 1.29 is 4.52 Å². The van der Waals surface area contributed by atoms with Gasteiger partial charge in [0, 0.05) is 22.9 Å². The quantitative estimate of drug-likeness (QED) is 0.328. The first-order valence-corrected chi connectivity index (χ1v) is 12.1. The lowest BCUT2D eigenvalue weighted by molar-refractivity contribution is 0.391. The fourth-order valence-corrected chi connectivity index (χ4v) is 4.93. The van der Waals surface area contributed by atoms with Gasteiger partial charge in [0.15, 0.2) is 5.16 Å². The summed E-state index contributed by atoms with van der Waals surface area (Å²) < 4.78 is 7.79. The van der Waals surface area contributed by atoms with Crippen LogP contribution in [-0.4, -0.2) is 24.9 Å². The maximum atomic E-state index is 5.49. The van der Waals surface area contributed by atoms with Crippen LogP contribution in [0.15, 0.2) is 51.5 Å². The molecule has 1 aromatic carbocycles. The minimum atomic E-state index is 0.504. The van der Waals surface area contributed by atoms with Crippen LogP contribution in [0.25, 0.3) is 11.4 Å². The van der Waals surface area contributed by atoms with Crippen molar-refractivity contribution in [2.75, 3.05) is 0 Å². The van der Waals surface area contributed by atoms with E-state index in [1.54, 1.807) is 23.1 Å². The Kier molecular flexibility index (Phi) is 5.43. The summed E-state index contributed by atoms with van der Waals surface area (Å²) in [5.41, 5.74) is 2.27. The van der Waals surface area contributed by atoms with Crippen molar-refractivity contribution in [3.8, 4) is 11.4 Å². The van der Waals surface area contributed by atoms with Crippen molar-refractivity contribution in [2.45, 2.75) is 56.0 Å². The Morgan fingerprint density at radius 2 is 2.00 bits per heavy atom. The van der Waals surface area contributed by atoms with Gasteiger partial charge in [0.2, 0.25) is 11.7 Å². The smallest absolute Gasteiger partial charge is 0.237 e. The molecule has 0 radical (unpaired) electrons. The molecule has 1 aliphatic rings. The molecule has 4 aromatic rings. The summed E-state index contributed by atoms with van der Waals surface area (Å²) in [5, 5.41) is 16.1. The fourth-order valence-electron chi connectivity index (χ4n) is 3.37. The molecular weight excluding hydrogens is 414 g/mol. The summed E-state index contributed by atoms with van der Waals surface area (Å²) in [5.74, 6) is 3.36. The second kappa shape index (κ2) is 8.35. The Balaban J connectivity index is 1.28. The van der Waals surface area contributed by atoms with Crippen molar-refractivity contribution in [2.24, 2.45) is 0 Å². The summed E-state index contributed by atoms with van der Waals surface area (Å²) in [7, 11) is 0. The van der Waals surface area contributed by atoms with Crippen molar-refractivity contribution >= 4 is 23.1 Å². The van der Waals surface area contributed by atoms with Crippen LogP contribution in [0.4, 0.5) is 0 Å². The Hall–Kier alpha value is -2.45. The molecule has 0 spiro atoms. The van der Waals surface area contributed by atoms with Gasteiger partial charge in [-0.2, -0.15) is 4.98 Å². The molecule has 1 saturated carbocycles. The molecule has 0 unspecified atom stereocenters. The molecule has 0 N–H and O–H groups in total. The molecule has 3 heterocycles. The van der Waals surface area contributed by atoms with Crippen LogP contribution in [0.5, 0.6) is 0 Å². The van der Waals surface area contributed by atoms with Gasteiger partial charge in [0.1, 0.15) is 5.82 Å². The van der Waals surface area contributed by atoms with E-state index in [1.165, 1.54) is 23.3 Å². The van der Waals surface area contributed by atoms with E-state index in [0.717, 1.165) is 23.0 Å². The molecule has 5 rings (SSSR count). The maximum absolute atomic E-state index is 5.49. The monoisotopic (exact) mass is 437 g/mol. The summed E-state index contributed by atoms with van der Waals surface area (Å²) in [4.78, 5) is 5.88. The average Bonchev–Trinajstić information content (AvgIpc) is 3.14.